The Kier molecular flexibility index (Phi) is 13.6. The van der Waals surface area contributed by atoms with E-state index in [2.05, 4.69) is 20.9 Å². The number of nitrogens with zero attached hydrogens (tertiary/aromatic N) is 1. The number of methoxy groups -OCH3 is 1. The van der Waals surface area contributed by atoms with E-state index in [4.69, 9.17) is 19.4 Å². The molecule has 0 spiro atoms. The monoisotopic (exact) mass is 697 g/mol. The fourth-order valence-electron chi connectivity index (χ4n) is 5.61. The summed E-state index contributed by atoms with van der Waals surface area (Å²) in [5, 5.41) is 16.2. The summed E-state index contributed by atoms with van der Waals surface area (Å²) in [6, 6.07) is 4.66. The first-order valence-corrected chi connectivity index (χ1v) is 15.8. The number of aromatic nitrogens is 1. The van der Waals surface area contributed by atoms with Crippen molar-refractivity contribution in [1.82, 2.24) is 25.8 Å². The number of ether oxygens (including phenoxy) is 2. The minimum Gasteiger partial charge on any atom is -0.496 e. The second-order valence-corrected chi connectivity index (χ2v) is 12.3. The molecule has 1 aromatic carbocycles. The summed E-state index contributed by atoms with van der Waals surface area (Å²) < 4.78 is 42.5. The normalized spacial score (nSPS) is 19.0. The second-order valence-electron chi connectivity index (χ2n) is 12.3. The maximum atomic E-state index is 13.6. The predicted molar refractivity (Wildman–Crippen MR) is 169 cm³/mol. The van der Waals surface area contributed by atoms with Gasteiger partial charge in [-0.15, -0.1) is 0 Å². The molecule has 0 saturated carbocycles. The fourth-order valence-corrected chi connectivity index (χ4v) is 5.61. The number of hydrogen-bond acceptors (Lipinski definition) is 9. The Labute approximate surface area is 280 Å². The van der Waals surface area contributed by atoms with Crippen molar-refractivity contribution in [3.8, 4) is 5.75 Å². The number of esters is 1. The van der Waals surface area contributed by atoms with Crippen molar-refractivity contribution in [3.63, 3.8) is 0 Å². The number of likely N-dealkylation sites (tertiary alicyclic amines) is 1. The van der Waals surface area contributed by atoms with E-state index in [1.807, 2.05) is 31.9 Å². The molecule has 2 fully saturated rings. The van der Waals surface area contributed by atoms with E-state index >= 15 is 0 Å². The predicted octanol–water partition coefficient (Wildman–Crippen LogP) is 2.17. The third kappa shape index (κ3) is 10.9. The number of carbonyl (C=O) groups is 6. The zero-order valence-corrected chi connectivity index (χ0v) is 27.6. The highest BCUT2D eigenvalue weighted by Crippen LogP contribution is 2.26. The molecule has 3 amide bonds. The van der Waals surface area contributed by atoms with Gasteiger partial charge in [0.2, 0.25) is 11.8 Å². The van der Waals surface area contributed by atoms with Crippen LogP contribution in [0.4, 0.5) is 13.2 Å². The van der Waals surface area contributed by atoms with Gasteiger partial charge in [0.05, 0.1) is 13.2 Å². The molecule has 14 nitrogen and oxygen atoms in total. The van der Waals surface area contributed by atoms with E-state index in [0.29, 0.717) is 37.1 Å². The lowest BCUT2D eigenvalue weighted by molar-refractivity contribution is -0.192. The van der Waals surface area contributed by atoms with Crippen molar-refractivity contribution in [2.45, 2.75) is 70.3 Å². The van der Waals surface area contributed by atoms with Crippen LogP contribution in [0, 0.1) is 11.8 Å². The van der Waals surface area contributed by atoms with Crippen LogP contribution in [0.5, 0.6) is 5.75 Å². The molecule has 2 saturated heterocycles. The summed E-state index contributed by atoms with van der Waals surface area (Å²) in [5.41, 5.74) is 0.971. The lowest BCUT2D eigenvalue weighted by Gasteiger charge is -2.25. The number of carboxylic acids is 1. The molecule has 0 radical (unpaired) electrons. The molecule has 0 bridgehead atoms. The van der Waals surface area contributed by atoms with Crippen molar-refractivity contribution in [2.75, 3.05) is 33.9 Å². The van der Waals surface area contributed by atoms with E-state index < -0.39 is 66.4 Å². The Morgan fingerprint density at radius 3 is 2.35 bits per heavy atom. The number of Topliss-reactive ketones (excluding diaryl/α,β-unsaturated/α-hetero) is 1. The molecule has 0 aliphatic carbocycles. The van der Waals surface area contributed by atoms with Crippen LogP contribution < -0.4 is 20.7 Å². The number of carboxylic acid groups (broad SMARTS) is 1. The van der Waals surface area contributed by atoms with Crippen LogP contribution in [0.3, 0.4) is 0 Å². The molecule has 2 aliphatic rings. The summed E-state index contributed by atoms with van der Waals surface area (Å²) in [6.07, 6.45) is -2.64. The number of likely N-dealkylation sites (N-methyl/N-ethyl adjacent to an activating group) is 1. The molecular formula is C32H42F3N5O9. The quantitative estimate of drug-likeness (QED) is 0.194. The SMILES string of the molecule is COc1cccc2[nH]c(C(=O)N[C@@H](CC(C)C)C(=O)N[C@@H](C[C@@H]3CCNC3=O)C(=O)COC(=O)[C@@H]3CCCN3C)cc12.O=C(O)C(F)(F)F. The number of hydrogen-bond donors (Lipinski definition) is 5. The summed E-state index contributed by atoms with van der Waals surface area (Å²) in [4.78, 5) is 78.8. The smallest absolute Gasteiger partial charge is 0.490 e. The molecule has 2 aromatic rings. The maximum absolute atomic E-state index is 13.6. The van der Waals surface area contributed by atoms with Gasteiger partial charge < -0.3 is 35.5 Å². The summed E-state index contributed by atoms with van der Waals surface area (Å²) in [7, 11) is 3.38. The topological polar surface area (TPSA) is 196 Å². The standard InChI is InChI=1S/C30H41N5O7.C2HF3O2/c1-17(2)13-22(34-29(39)23-15-19-20(32-23)7-5-9-26(19)41-4)28(38)33-21(14-18-10-11-31-27(18)37)25(36)16-42-30(40)24-8-6-12-35(24)3;3-2(4,5)1(6)7/h5,7,9,15,17-18,21-22,24,32H,6,8,10-14,16H2,1-4H3,(H,31,37)(H,33,38)(H,34,39);(H,6,7)/t18-,21-,22-,24-;/m0./s1. The van der Waals surface area contributed by atoms with Crippen molar-refractivity contribution >= 4 is 46.3 Å². The number of benzene rings is 1. The minimum atomic E-state index is -5.08. The zero-order valence-electron chi connectivity index (χ0n) is 27.6. The van der Waals surface area contributed by atoms with E-state index in [-0.39, 0.29) is 23.9 Å². The maximum Gasteiger partial charge on any atom is 0.490 e. The highest BCUT2D eigenvalue weighted by atomic mass is 19.4. The van der Waals surface area contributed by atoms with E-state index in [0.717, 1.165) is 18.4 Å². The molecule has 2 aliphatic heterocycles. The van der Waals surface area contributed by atoms with Crippen LogP contribution in [0.1, 0.15) is 56.4 Å². The number of amides is 3. The van der Waals surface area contributed by atoms with Gasteiger partial charge in [-0.3, -0.25) is 28.9 Å². The lowest BCUT2D eigenvalue weighted by Crippen LogP contribution is -2.53. The third-order valence-electron chi connectivity index (χ3n) is 8.20. The summed E-state index contributed by atoms with van der Waals surface area (Å²) in [5.74, 6) is -4.77. The summed E-state index contributed by atoms with van der Waals surface area (Å²) >= 11 is 0. The highest BCUT2D eigenvalue weighted by Gasteiger charge is 2.38. The van der Waals surface area contributed by atoms with E-state index in [1.54, 1.807) is 25.3 Å². The minimum absolute atomic E-state index is 0.0444. The van der Waals surface area contributed by atoms with Crippen molar-refractivity contribution in [3.05, 3.63) is 30.0 Å². The van der Waals surface area contributed by atoms with Crippen molar-refractivity contribution in [2.24, 2.45) is 11.8 Å². The van der Waals surface area contributed by atoms with Gasteiger partial charge in [-0.1, -0.05) is 19.9 Å². The van der Waals surface area contributed by atoms with E-state index in [1.165, 1.54) is 0 Å². The number of rotatable bonds is 13. The van der Waals surface area contributed by atoms with Crippen LogP contribution in [0.2, 0.25) is 0 Å². The number of aliphatic carboxylic acids is 1. The van der Waals surface area contributed by atoms with Gasteiger partial charge in [0, 0.05) is 23.4 Å². The van der Waals surface area contributed by atoms with Gasteiger partial charge in [-0.25, -0.2) is 4.79 Å². The van der Waals surface area contributed by atoms with Crippen LogP contribution in [0.15, 0.2) is 24.3 Å². The van der Waals surface area contributed by atoms with Crippen LogP contribution in [0.25, 0.3) is 10.9 Å². The average Bonchev–Trinajstić information content (AvgIpc) is 3.78. The first-order valence-electron chi connectivity index (χ1n) is 15.8. The lowest BCUT2D eigenvalue weighted by atomic mass is 9.95. The first kappa shape index (κ1) is 38.8. The molecule has 3 heterocycles. The van der Waals surface area contributed by atoms with Gasteiger partial charge in [0.25, 0.3) is 5.91 Å². The van der Waals surface area contributed by atoms with Crippen molar-refractivity contribution in [1.29, 1.82) is 0 Å². The van der Waals surface area contributed by atoms with E-state index in [9.17, 15) is 37.1 Å². The van der Waals surface area contributed by atoms with Gasteiger partial charge in [0.1, 0.15) is 23.5 Å². The van der Waals surface area contributed by atoms with Gasteiger partial charge in [-0.05, 0) is 69.8 Å². The van der Waals surface area contributed by atoms with Crippen molar-refractivity contribution < 1.29 is 56.5 Å². The third-order valence-corrected chi connectivity index (χ3v) is 8.20. The molecule has 4 atom stereocenters. The molecule has 4 rings (SSSR count). The number of fused-ring (bicyclic) bond motifs is 1. The van der Waals surface area contributed by atoms with Crippen LogP contribution >= 0.6 is 0 Å². The number of alkyl halides is 3. The Morgan fingerprint density at radius 1 is 1.10 bits per heavy atom. The highest BCUT2D eigenvalue weighted by molar-refractivity contribution is 6.02. The largest absolute Gasteiger partial charge is 0.496 e. The number of nitrogens with one attached hydrogen (secondary N) is 4. The number of H-pyrrole nitrogens is 1. The second kappa shape index (κ2) is 17.1. The van der Waals surface area contributed by atoms with Crippen LogP contribution in [-0.2, 0) is 28.7 Å². The number of ketones is 1. The Hall–Kier alpha value is -4.67. The number of carbonyl (C=O) groups excluding carboxylic acids is 5. The number of halogens is 3. The molecule has 270 valence electrons. The fraction of sp³-hybridized carbons (Fsp3) is 0.562. The molecule has 0 unspecified atom stereocenters. The average molecular weight is 698 g/mol. The number of aromatic amines is 1. The zero-order chi connectivity index (χ0) is 36.5. The molecule has 17 heteroatoms. The molecule has 49 heavy (non-hydrogen) atoms. The Morgan fingerprint density at radius 2 is 1.80 bits per heavy atom. The Balaban J connectivity index is 0.000000838. The molecule has 1 aromatic heterocycles. The van der Waals surface area contributed by atoms with Gasteiger partial charge in [-0.2, -0.15) is 13.2 Å². The van der Waals surface area contributed by atoms with Gasteiger partial charge in [0.15, 0.2) is 12.4 Å². The Bertz CT molecular complexity index is 1530. The summed E-state index contributed by atoms with van der Waals surface area (Å²) in [6.45, 7) is 4.60. The molecular weight excluding hydrogens is 655 g/mol. The van der Waals surface area contributed by atoms with Gasteiger partial charge >= 0.3 is 18.1 Å². The first-order chi connectivity index (χ1) is 23.0. The van der Waals surface area contributed by atoms with Crippen LogP contribution in [-0.4, -0.2) is 109 Å². The molecule has 5 N–H and O–H groups in total.